The molecule has 0 spiro atoms. The predicted molar refractivity (Wildman–Crippen MR) is 172 cm³/mol. The number of hydrogen-bond donors (Lipinski definition) is 0. The van der Waals surface area contributed by atoms with Crippen LogP contribution in [0.1, 0.15) is 0 Å². The average molecular weight is 539 g/mol. The van der Waals surface area contributed by atoms with E-state index in [0.717, 1.165) is 27.7 Å². The molecule has 4 nitrogen and oxygen atoms in total. The minimum Gasteiger partial charge on any atom is -0.424 e. The van der Waals surface area contributed by atoms with Gasteiger partial charge in [-0.15, -0.1) is 0 Å². The van der Waals surface area contributed by atoms with Gasteiger partial charge in [0, 0.05) is 0 Å². The number of rotatable bonds is 2. The van der Waals surface area contributed by atoms with Crippen molar-refractivity contribution in [1.82, 2.24) is 9.38 Å². The summed E-state index contributed by atoms with van der Waals surface area (Å²) < 4.78 is 7.54. The lowest BCUT2D eigenvalue weighted by Crippen LogP contribution is -2.12. The van der Waals surface area contributed by atoms with Gasteiger partial charge in [0.1, 0.15) is 5.58 Å². The van der Waals surface area contributed by atoms with Gasteiger partial charge in [0.2, 0.25) is 0 Å². The zero-order chi connectivity index (χ0) is 27.8. The van der Waals surface area contributed by atoms with Crippen molar-refractivity contribution in [3.05, 3.63) is 144 Å². The lowest BCUT2D eigenvalue weighted by Gasteiger charge is -2.12. The Labute approximate surface area is 239 Å². The monoisotopic (exact) mass is 538 g/mol. The lowest BCUT2D eigenvalue weighted by molar-refractivity contribution is 0.616. The topological polar surface area (TPSA) is 47.5 Å². The van der Waals surface area contributed by atoms with Crippen LogP contribution in [0.25, 0.3) is 82.4 Å². The van der Waals surface area contributed by atoms with Crippen molar-refractivity contribution in [3.8, 4) is 22.3 Å². The summed E-state index contributed by atoms with van der Waals surface area (Å²) in [4.78, 5) is 17.9. The molecule has 0 radical (unpaired) electrons. The second-order valence-electron chi connectivity index (χ2n) is 10.8. The SMILES string of the molecule is O=c1c2ccccc2oc2nc3cc(-c4cccc(-c5ccc6c7ccccc7c7ccccc7c6c5)c4)ccc3n12. The van der Waals surface area contributed by atoms with Crippen LogP contribution in [-0.2, 0) is 0 Å². The molecule has 9 aromatic rings. The lowest BCUT2D eigenvalue weighted by atomic mass is 9.91. The van der Waals surface area contributed by atoms with Crippen molar-refractivity contribution in [1.29, 1.82) is 0 Å². The summed E-state index contributed by atoms with van der Waals surface area (Å²) in [6.07, 6.45) is 0. The molecule has 42 heavy (non-hydrogen) atoms. The Hall–Kier alpha value is -5.74. The second kappa shape index (κ2) is 8.63. The summed E-state index contributed by atoms with van der Waals surface area (Å²) in [5.74, 6) is 0.301. The molecular formula is C38H22N2O2. The minimum absolute atomic E-state index is 0.124. The van der Waals surface area contributed by atoms with Crippen molar-refractivity contribution in [2.45, 2.75) is 0 Å². The maximum atomic E-state index is 13.2. The van der Waals surface area contributed by atoms with Gasteiger partial charge >= 0.3 is 5.84 Å². The third-order valence-electron chi connectivity index (χ3n) is 8.42. The number of nitrogens with zero attached hydrogens (tertiary/aromatic N) is 2. The zero-order valence-corrected chi connectivity index (χ0v) is 22.4. The van der Waals surface area contributed by atoms with Gasteiger partial charge in [-0.2, -0.15) is 4.98 Å². The molecule has 0 fully saturated rings. The van der Waals surface area contributed by atoms with Gasteiger partial charge < -0.3 is 4.42 Å². The van der Waals surface area contributed by atoms with Crippen molar-refractivity contribution in [3.63, 3.8) is 0 Å². The van der Waals surface area contributed by atoms with Gasteiger partial charge in [-0.25, -0.2) is 4.40 Å². The summed E-state index contributed by atoms with van der Waals surface area (Å²) in [6.45, 7) is 0. The van der Waals surface area contributed by atoms with Crippen LogP contribution in [0, 0.1) is 0 Å². The molecule has 0 atom stereocenters. The molecule has 0 unspecified atom stereocenters. The van der Waals surface area contributed by atoms with E-state index in [1.165, 1.54) is 37.9 Å². The fourth-order valence-corrected chi connectivity index (χ4v) is 6.42. The van der Waals surface area contributed by atoms with Gasteiger partial charge in [-0.3, -0.25) is 4.79 Å². The largest absolute Gasteiger partial charge is 0.424 e. The highest BCUT2D eigenvalue weighted by molar-refractivity contribution is 6.25. The number of aromatic nitrogens is 2. The molecule has 0 aliphatic carbocycles. The third kappa shape index (κ3) is 3.29. The fourth-order valence-electron chi connectivity index (χ4n) is 6.42. The van der Waals surface area contributed by atoms with E-state index >= 15 is 0 Å². The number of hydrogen-bond acceptors (Lipinski definition) is 3. The van der Waals surface area contributed by atoms with Gasteiger partial charge in [-0.1, -0.05) is 97.1 Å². The van der Waals surface area contributed by atoms with E-state index < -0.39 is 0 Å². The van der Waals surface area contributed by atoms with Crippen molar-refractivity contribution in [2.75, 3.05) is 0 Å². The maximum Gasteiger partial charge on any atom is 0.310 e. The van der Waals surface area contributed by atoms with Gasteiger partial charge in [0.15, 0.2) is 0 Å². The van der Waals surface area contributed by atoms with Crippen molar-refractivity contribution >= 4 is 60.2 Å². The Balaban J connectivity index is 1.19. The van der Waals surface area contributed by atoms with Crippen LogP contribution < -0.4 is 5.56 Å². The van der Waals surface area contributed by atoms with Crippen LogP contribution in [0.4, 0.5) is 0 Å². The Morgan fingerprint density at radius 3 is 1.74 bits per heavy atom. The van der Waals surface area contributed by atoms with E-state index in [9.17, 15) is 4.79 Å². The molecule has 2 heterocycles. The first-order chi connectivity index (χ1) is 20.7. The molecule has 0 bridgehead atoms. The van der Waals surface area contributed by atoms with E-state index in [0.29, 0.717) is 16.8 Å². The molecule has 4 heteroatoms. The quantitative estimate of drug-likeness (QED) is 0.206. The molecular weight excluding hydrogens is 516 g/mol. The molecule has 0 saturated carbocycles. The molecule has 2 aromatic heterocycles. The molecule has 0 N–H and O–H groups in total. The minimum atomic E-state index is -0.124. The normalized spacial score (nSPS) is 11.9. The average Bonchev–Trinajstić information content (AvgIpc) is 3.42. The van der Waals surface area contributed by atoms with Crippen LogP contribution in [0.3, 0.4) is 0 Å². The number of para-hydroxylation sites is 1. The Morgan fingerprint density at radius 1 is 0.476 bits per heavy atom. The highest BCUT2D eigenvalue weighted by Gasteiger charge is 2.14. The first-order valence-corrected chi connectivity index (χ1v) is 14.0. The molecule has 0 saturated heterocycles. The maximum absolute atomic E-state index is 13.2. The van der Waals surface area contributed by atoms with Gasteiger partial charge in [-0.05, 0) is 91.0 Å². The highest BCUT2D eigenvalue weighted by Crippen LogP contribution is 2.37. The number of benzene rings is 7. The van der Waals surface area contributed by atoms with Crippen molar-refractivity contribution < 1.29 is 4.42 Å². The van der Waals surface area contributed by atoms with E-state index in [1.807, 2.05) is 30.3 Å². The Morgan fingerprint density at radius 2 is 1.02 bits per heavy atom. The standard InChI is InChI=1S/C38H22N2O2/c41-37-32-14-5-6-15-36(32)42-38-39-34-22-26(17-19-35(34)40(37)38)24-9-7-8-23(20-24)25-16-18-31-29-12-2-1-10-27(29)28-11-3-4-13-30(28)33(31)21-25/h1-22H. The predicted octanol–water partition coefficient (Wildman–Crippen LogP) is 9.39. The smallest absolute Gasteiger partial charge is 0.310 e. The van der Waals surface area contributed by atoms with Crippen LogP contribution >= 0.6 is 0 Å². The van der Waals surface area contributed by atoms with Gasteiger partial charge in [0.05, 0.1) is 16.4 Å². The summed E-state index contributed by atoms with van der Waals surface area (Å²) in [5.41, 5.74) is 6.29. The van der Waals surface area contributed by atoms with Crippen LogP contribution in [0.2, 0.25) is 0 Å². The number of imidazole rings is 1. The second-order valence-corrected chi connectivity index (χ2v) is 10.8. The van der Waals surface area contributed by atoms with Gasteiger partial charge in [0.25, 0.3) is 5.56 Å². The summed E-state index contributed by atoms with van der Waals surface area (Å²) in [6, 6.07) is 46.0. The molecule has 0 aliphatic rings. The van der Waals surface area contributed by atoms with E-state index in [4.69, 9.17) is 4.42 Å². The first-order valence-electron chi connectivity index (χ1n) is 14.0. The van der Waals surface area contributed by atoms with Crippen LogP contribution in [0.5, 0.6) is 0 Å². The summed E-state index contributed by atoms with van der Waals surface area (Å²) in [5, 5.41) is 8.14. The van der Waals surface area contributed by atoms with E-state index in [-0.39, 0.29) is 5.56 Å². The summed E-state index contributed by atoms with van der Waals surface area (Å²) >= 11 is 0. The highest BCUT2D eigenvalue weighted by atomic mass is 16.3. The fraction of sp³-hybridized carbons (Fsp3) is 0. The summed E-state index contributed by atoms with van der Waals surface area (Å²) in [7, 11) is 0. The number of fused-ring (bicyclic) bond motifs is 10. The van der Waals surface area contributed by atoms with E-state index in [2.05, 4.69) is 96.0 Å². The van der Waals surface area contributed by atoms with Crippen LogP contribution in [0.15, 0.2) is 143 Å². The Kier molecular flexibility index (Phi) is 4.73. The molecule has 9 rings (SSSR count). The van der Waals surface area contributed by atoms with Crippen molar-refractivity contribution in [2.24, 2.45) is 0 Å². The Bertz CT molecular complexity index is 2570. The van der Waals surface area contributed by atoms with E-state index in [1.54, 1.807) is 16.5 Å². The molecule has 196 valence electrons. The first kappa shape index (κ1) is 23.0. The molecule has 0 aliphatic heterocycles. The molecule has 7 aromatic carbocycles. The zero-order valence-electron chi connectivity index (χ0n) is 22.4. The molecule has 0 amide bonds. The third-order valence-corrected chi connectivity index (χ3v) is 8.42. The van der Waals surface area contributed by atoms with Crippen LogP contribution in [-0.4, -0.2) is 9.38 Å².